The maximum atomic E-state index is 4.67. The van der Waals surface area contributed by atoms with Crippen molar-refractivity contribution in [2.24, 2.45) is 10.9 Å². The molecule has 0 amide bonds. The molecule has 0 aliphatic heterocycles. The summed E-state index contributed by atoms with van der Waals surface area (Å²) in [4.78, 5) is 8.12. The predicted molar refractivity (Wildman–Crippen MR) is 114 cm³/mol. The first-order valence-electron chi connectivity index (χ1n) is 8.91. The van der Waals surface area contributed by atoms with E-state index < -0.39 is 0 Å². The third-order valence-corrected chi connectivity index (χ3v) is 4.50. The zero-order valence-electron chi connectivity index (χ0n) is 14.7. The molecule has 0 saturated heterocycles. The van der Waals surface area contributed by atoms with E-state index in [1.807, 2.05) is 0 Å². The maximum Gasteiger partial charge on any atom is 0.191 e. The van der Waals surface area contributed by atoms with Gasteiger partial charge in [-0.05, 0) is 49.7 Å². The molecule has 1 fully saturated rings. The van der Waals surface area contributed by atoms with Crippen molar-refractivity contribution in [1.82, 2.24) is 15.6 Å². The summed E-state index contributed by atoms with van der Waals surface area (Å²) >= 11 is 0. The lowest BCUT2D eigenvalue weighted by atomic mass is 10.1. The summed E-state index contributed by atoms with van der Waals surface area (Å²) in [7, 11) is 0. The maximum absolute atomic E-state index is 4.67. The number of aliphatic imine (C=N–C) groups is 1. The summed E-state index contributed by atoms with van der Waals surface area (Å²) in [5.41, 5.74) is 4.06. The molecule has 5 heteroatoms. The first-order chi connectivity index (χ1) is 11.3. The lowest BCUT2D eigenvalue weighted by molar-refractivity contribution is 0.778. The molecule has 0 radical (unpaired) electrons. The number of rotatable bonds is 7. The van der Waals surface area contributed by atoms with Gasteiger partial charge in [0.1, 0.15) is 0 Å². The van der Waals surface area contributed by atoms with Crippen LogP contribution in [0.3, 0.4) is 0 Å². The molecule has 1 aromatic heterocycles. The second-order valence-electron chi connectivity index (χ2n) is 6.35. The van der Waals surface area contributed by atoms with E-state index in [9.17, 15) is 0 Å². The van der Waals surface area contributed by atoms with Crippen molar-refractivity contribution in [3.63, 3.8) is 0 Å². The summed E-state index contributed by atoms with van der Waals surface area (Å²) < 4.78 is 0. The summed E-state index contributed by atoms with van der Waals surface area (Å²) in [6, 6.07) is 6.58. The number of H-pyrrole nitrogens is 1. The molecule has 132 valence electrons. The summed E-state index contributed by atoms with van der Waals surface area (Å²) in [5, 5.41) is 8.15. The van der Waals surface area contributed by atoms with Gasteiger partial charge in [-0.25, -0.2) is 0 Å². The van der Waals surface area contributed by atoms with Crippen LogP contribution in [0.1, 0.15) is 37.8 Å². The lowest BCUT2D eigenvalue weighted by Gasteiger charge is -2.11. The highest BCUT2D eigenvalue weighted by atomic mass is 127. The molecule has 1 heterocycles. The average Bonchev–Trinajstić information content (AvgIpc) is 3.31. The Balaban J connectivity index is 0.00000208. The number of aromatic amines is 1. The fourth-order valence-corrected chi connectivity index (χ4v) is 2.95. The minimum atomic E-state index is 0. The number of guanidine groups is 1. The van der Waals surface area contributed by atoms with Crippen LogP contribution in [0.2, 0.25) is 0 Å². The van der Waals surface area contributed by atoms with Crippen molar-refractivity contribution >= 4 is 40.8 Å². The molecule has 1 aliphatic carbocycles. The third kappa shape index (κ3) is 4.88. The Hall–Kier alpha value is -1.24. The van der Waals surface area contributed by atoms with Crippen molar-refractivity contribution in [2.45, 2.75) is 39.5 Å². The normalized spacial score (nSPS) is 14.5. The Morgan fingerprint density at radius 3 is 2.75 bits per heavy atom. The van der Waals surface area contributed by atoms with Crippen LogP contribution in [0.4, 0.5) is 0 Å². The van der Waals surface area contributed by atoms with Gasteiger partial charge >= 0.3 is 0 Å². The van der Waals surface area contributed by atoms with Crippen LogP contribution in [0.15, 0.2) is 29.4 Å². The second-order valence-corrected chi connectivity index (χ2v) is 6.35. The monoisotopic (exact) mass is 440 g/mol. The molecule has 3 rings (SSSR count). The van der Waals surface area contributed by atoms with Crippen molar-refractivity contribution in [1.29, 1.82) is 0 Å². The first kappa shape index (κ1) is 19.1. The van der Waals surface area contributed by atoms with Crippen LogP contribution in [-0.2, 0) is 12.8 Å². The Bertz CT molecular complexity index is 673. The van der Waals surface area contributed by atoms with Gasteiger partial charge in [-0.2, -0.15) is 0 Å². The highest BCUT2D eigenvalue weighted by molar-refractivity contribution is 14.0. The quantitative estimate of drug-likeness (QED) is 0.348. The van der Waals surface area contributed by atoms with Crippen LogP contribution in [0, 0.1) is 5.92 Å². The molecule has 0 unspecified atom stereocenters. The molecule has 1 aliphatic rings. The minimum Gasteiger partial charge on any atom is -0.361 e. The SMILES string of the molecule is CCNC(=NCC1CC1)NCCc1c[nH]c2c(CC)cccc12.I. The standard InChI is InChI=1S/C19H28N4.HI/c1-3-15-6-5-7-17-16(13-22-18(15)17)10-11-21-19(20-4-2)23-12-14-8-9-14;/h5-7,13-14,22H,3-4,8-12H2,1-2H3,(H2,20,21,23);1H. The van der Waals surface area contributed by atoms with E-state index >= 15 is 0 Å². The second kappa shape index (κ2) is 9.30. The van der Waals surface area contributed by atoms with E-state index in [1.165, 1.54) is 34.9 Å². The number of aryl methyl sites for hydroxylation is 1. The first-order valence-corrected chi connectivity index (χ1v) is 8.91. The molecule has 4 nitrogen and oxygen atoms in total. The van der Waals surface area contributed by atoms with Crippen LogP contribution in [0.25, 0.3) is 10.9 Å². The van der Waals surface area contributed by atoms with Gasteiger partial charge in [0.2, 0.25) is 0 Å². The summed E-state index contributed by atoms with van der Waals surface area (Å²) in [5.74, 6) is 1.78. The molecule has 24 heavy (non-hydrogen) atoms. The number of halogens is 1. The number of hydrogen-bond donors (Lipinski definition) is 3. The van der Waals surface area contributed by atoms with E-state index in [4.69, 9.17) is 0 Å². The molecule has 0 spiro atoms. The van der Waals surface area contributed by atoms with Gasteiger partial charge < -0.3 is 15.6 Å². The van der Waals surface area contributed by atoms with Crippen LogP contribution in [-0.4, -0.2) is 30.6 Å². The topological polar surface area (TPSA) is 52.2 Å². The number of aromatic nitrogens is 1. The van der Waals surface area contributed by atoms with Gasteiger partial charge in [-0.1, -0.05) is 25.1 Å². The Morgan fingerprint density at radius 2 is 2.04 bits per heavy atom. The molecular formula is C19H29IN4. The van der Waals surface area contributed by atoms with Crippen molar-refractivity contribution in [3.05, 3.63) is 35.5 Å². The van der Waals surface area contributed by atoms with E-state index in [0.717, 1.165) is 44.4 Å². The van der Waals surface area contributed by atoms with Gasteiger partial charge in [0, 0.05) is 36.7 Å². The number of nitrogens with one attached hydrogen (secondary N) is 3. The molecule has 0 atom stereocenters. The number of fused-ring (bicyclic) bond motifs is 1. The molecule has 1 aromatic carbocycles. The average molecular weight is 440 g/mol. The summed E-state index contributed by atoms with van der Waals surface area (Å²) in [6.07, 6.45) is 6.91. The highest BCUT2D eigenvalue weighted by Gasteiger charge is 2.20. The largest absolute Gasteiger partial charge is 0.361 e. The third-order valence-electron chi connectivity index (χ3n) is 4.50. The highest BCUT2D eigenvalue weighted by Crippen LogP contribution is 2.28. The number of para-hydroxylation sites is 1. The van der Waals surface area contributed by atoms with Crippen LogP contribution < -0.4 is 10.6 Å². The molecule has 1 saturated carbocycles. The lowest BCUT2D eigenvalue weighted by Crippen LogP contribution is -2.38. The Labute approximate surface area is 161 Å². The predicted octanol–water partition coefficient (Wildman–Crippen LogP) is 3.86. The van der Waals surface area contributed by atoms with Gasteiger partial charge in [-0.15, -0.1) is 24.0 Å². The van der Waals surface area contributed by atoms with E-state index in [-0.39, 0.29) is 24.0 Å². The minimum absolute atomic E-state index is 0. The van der Waals surface area contributed by atoms with Crippen molar-refractivity contribution in [3.8, 4) is 0 Å². The van der Waals surface area contributed by atoms with Gasteiger partial charge in [-0.3, -0.25) is 4.99 Å². The fraction of sp³-hybridized carbons (Fsp3) is 0.526. The van der Waals surface area contributed by atoms with Crippen molar-refractivity contribution < 1.29 is 0 Å². The van der Waals surface area contributed by atoms with E-state index in [1.54, 1.807) is 0 Å². The Morgan fingerprint density at radius 1 is 1.21 bits per heavy atom. The number of hydrogen-bond acceptors (Lipinski definition) is 1. The van der Waals surface area contributed by atoms with Crippen LogP contribution >= 0.6 is 24.0 Å². The molecular weight excluding hydrogens is 411 g/mol. The van der Waals surface area contributed by atoms with E-state index in [0.29, 0.717) is 0 Å². The van der Waals surface area contributed by atoms with Crippen molar-refractivity contribution in [2.75, 3.05) is 19.6 Å². The van der Waals surface area contributed by atoms with Crippen LogP contribution in [0.5, 0.6) is 0 Å². The smallest absolute Gasteiger partial charge is 0.191 e. The van der Waals surface area contributed by atoms with Gasteiger partial charge in [0.15, 0.2) is 5.96 Å². The zero-order valence-corrected chi connectivity index (χ0v) is 17.0. The molecule has 3 N–H and O–H groups in total. The Kier molecular flexibility index (Phi) is 7.40. The van der Waals surface area contributed by atoms with E-state index in [2.05, 4.69) is 58.9 Å². The molecule has 2 aromatic rings. The number of benzene rings is 1. The van der Waals surface area contributed by atoms with Gasteiger partial charge in [0.25, 0.3) is 0 Å². The zero-order chi connectivity index (χ0) is 16.1. The summed E-state index contributed by atoms with van der Waals surface area (Å²) in [6.45, 7) is 7.08. The van der Waals surface area contributed by atoms with Gasteiger partial charge in [0.05, 0.1) is 0 Å². The fourth-order valence-electron chi connectivity index (χ4n) is 2.95. The molecule has 0 bridgehead atoms. The number of nitrogens with zero attached hydrogens (tertiary/aromatic N) is 1.